The van der Waals surface area contributed by atoms with Gasteiger partial charge in [-0.1, -0.05) is 11.8 Å². The fraction of sp³-hybridized carbons (Fsp3) is 0.346. The van der Waals surface area contributed by atoms with Crippen LogP contribution in [0.2, 0.25) is 0 Å². The second-order valence-electron chi connectivity index (χ2n) is 8.30. The number of nitrogens with zero attached hydrogens (tertiary/aromatic N) is 2. The van der Waals surface area contributed by atoms with E-state index in [0.717, 1.165) is 40.5 Å². The molecule has 0 radical (unpaired) electrons. The number of fused-ring (bicyclic) bond motifs is 1. The minimum absolute atomic E-state index is 0.0206. The number of anilines is 2. The third-order valence-electron chi connectivity index (χ3n) is 5.72. The Morgan fingerprint density at radius 3 is 2.71 bits per heavy atom. The molecule has 1 atom stereocenters. The zero-order valence-corrected chi connectivity index (χ0v) is 19.0. The summed E-state index contributed by atoms with van der Waals surface area (Å²) in [7, 11) is 1.81. The highest BCUT2D eigenvalue weighted by Gasteiger charge is 2.29. The number of carbonyl (C=O) groups is 1. The predicted molar refractivity (Wildman–Crippen MR) is 129 cm³/mol. The van der Waals surface area contributed by atoms with Crippen molar-refractivity contribution in [3.8, 4) is 17.6 Å². The fourth-order valence-electron chi connectivity index (χ4n) is 3.67. The Bertz CT molecular complexity index is 1240. The van der Waals surface area contributed by atoms with E-state index in [9.17, 15) is 4.79 Å². The molecule has 3 heterocycles. The summed E-state index contributed by atoms with van der Waals surface area (Å²) in [6.45, 7) is 2.25. The van der Waals surface area contributed by atoms with Crippen LogP contribution in [0.25, 0.3) is 10.8 Å². The van der Waals surface area contributed by atoms with E-state index in [1.165, 1.54) is 0 Å². The average Bonchev–Trinajstić information content (AvgIpc) is 3.73. The maximum atomic E-state index is 12.2. The number of nitrogens with one attached hydrogen (secondary N) is 2. The van der Waals surface area contributed by atoms with E-state index in [0.29, 0.717) is 38.1 Å². The molecule has 3 aromatic rings. The van der Waals surface area contributed by atoms with Crippen molar-refractivity contribution in [1.82, 2.24) is 9.97 Å². The van der Waals surface area contributed by atoms with Crippen LogP contribution in [-0.4, -0.2) is 55.5 Å². The summed E-state index contributed by atoms with van der Waals surface area (Å²) in [5.74, 6) is 8.53. The first-order valence-corrected chi connectivity index (χ1v) is 11.4. The van der Waals surface area contributed by atoms with Crippen LogP contribution in [0, 0.1) is 17.8 Å². The molecule has 1 aromatic carbocycles. The van der Waals surface area contributed by atoms with Gasteiger partial charge in [0.05, 0.1) is 25.4 Å². The van der Waals surface area contributed by atoms with Gasteiger partial charge >= 0.3 is 0 Å². The summed E-state index contributed by atoms with van der Waals surface area (Å²) in [6, 6.07) is 9.48. The molecule has 8 nitrogen and oxygen atoms in total. The Hall–Kier alpha value is -3.67. The van der Waals surface area contributed by atoms with Crippen molar-refractivity contribution in [2.45, 2.75) is 18.9 Å². The maximum absolute atomic E-state index is 12.2. The summed E-state index contributed by atoms with van der Waals surface area (Å²) in [6.07, 6.45) is 5.29. The molecular formula is C26H26N4O4. The van der Waals surface area contributed by atoms with Gasteiger partial charge in [0.15, 0.2) is 0 Å². The SMILES string of the molecule is CNc1ncc(C#Cc2ccc(OC[C@H]3COCCO3)cc2)c2cc(NC(=O)C3CC3)ncc12. The second-order valence-corrected chi connectivity index (χ2v) is 8.30. The van der Waals surface area contributed by atoms with Crippen LogP contribution >= 0.6 is 0 Å². The minimum atomic E-state index is -0.0389. The number of hydrogen-bond acceptors (Lipinski definition) is 7. The van der Waals surface area contributed by atoms with E-state index in [-0.39, 0.29) is 17.9 Å². The van der Waals surface area contributed by atoms with Crippen molar-refractivity contribution in [2.24, 2.45) is 5.92 Å². The molecular weight excluding hydrogens is 432 g/mol. The number of amides is 1. The molecule has 8 heteroatoms. The van der Waals surface area contributed by atoms with Gasteiger partial charge in [-0.3, -0.25) is 4.79 Å². The molecule has 2 aromatic heterocycles. The van der Waals surface area contributed by atoms with Gasteiger partial charge in [0.2, 0.25) is 5.91 Å². The minimum Gasteiger partial charge on any atom is -0.491 e. The Morgan fingerprint density at radius 1 is 1.12 bits per heavy atom. The van der Waals surface area contributed by atoms with Crippen molar-refractivity contribution >= 4 is 28.3 Å². The summed E-state index contributed by atoms with van der Waals surface area (Å²) in [5, 5.41) is 7.71. The van der Waals surface area contributed by atoms with Crippen LogP contribution in [0.1, 0.15) is 24.0 Å². The maximum Gasteiger partial charge on any atom is 0.228 e. The average molecular weight is 459 g/mol. The van der Waals surface area contributed by atoms with Crippen LogP contribution in [0.3, 0.4) is 0 Å². The highest BCUT2D eigenvalue weighted by atomic mass is 16.6. The Kier molecular flexibility index (Phi) is 6.56. The number of carbonyl (C=O) groups excluding carboxylic acids is 1. The predicted octanol–water partition coefficient (Wildman–Crippen LogP) is 3.21. The summed E-state index contributed by atoms with van der Waals surface area (Å²) in [4.78, 5) is 21.0. The third-order valence-corrected chi connectivity index (χ3v) is 5.72. The molecule has 2 fully saturated rings. The van der Waals surface area contributed by atoms with Gasteiger partial charge in [-0.05, 0) is 43.2 Å². The van der Waals surface area contributed by atoms with Gasteiger partial charge in [-0.25, -0.2) is 9.97 Å². The van der Waals surface area contributed by atoms with E-state index in [2.05, 4.69) is 32.4 Å². The van der Waals surface area contributed by atoms with E-state index in [1.54, 1.807) is 12.4 Å². The van der Waals surface area contributed by atoms with Crippen LogP contribution in [-0.2, 0) is 14.3 Å². The molecule has 1 aliphatic carbocycles. The lowest BCUT2D eigenvalue weighted by atomic mass is 10.1. The summed E-state index contributed by atoms with van der Waals surface area (Å²) >= 11 is 0. The van der Waals surface area contributed by atoms with Crippen LogP contribution in [0.4, 0.5) is 11.6 Å². The highest BCUT2D eigenvalue weighted by Crippen LogP contribution is 2.31. The second kappa shape index (κ2) is 10.1. The van der Waals surface area contributed by atoms with Crippen LogP contribution < -0.4 is 15.4 Å². The van der Waals surface area contributed by atoms with E-state index in [1.807, 2.05) is 37.4 Å². The van der Waals surface area contributed by atoms with E-state index in [4.69, 9.17) is 14.2 Å². The van der Waals surface area contributed by atoms with Gasteiger partial charge in [-0.15, -0.1) is 0 Å². The standard InChI is InChI=1S/C26H26N4O4/c1-27-25-23-14-28-24(30-26(31)18-6-7-18)12-22(23)19(13-29-25)5-2-17-3-8-20(9-4-17)34-16-21-15-32-10-11-33-21/h3-4,8-9,12-14,18,21H,6-7,10-11,15-16H2,1H3,(H,27,29)(H,28,30,31)/t21-/m1/s1. The zero-order chi connectivity index (χ0) is 23.3. The van der Waals surface area contributed by atoms with Gasteiger partial charge < -0.3 is 24.8 Å². The van der Waals surface area contributed by atoms with Crippen molar-refractivity contribution in [3.05, 3.63) is 53.9 Å². The number of hydrogen-bond donors (Lipinski definition) is 2. The lowest BCUT2D eigenvalue weighted by Gasteiger charge is -2.22. The number of benzene rings is 1. The molecule has 0 bridgehead atoms. The first-order valence-electron chi connectivity index (χ1n) is 11.4. The summed E-state index contributed by atoms with van der Waals surface area (Å²) < 4.78 is 16.8. The normalized spacial score (nSPS) is 17.5. The lowest BCUT2D eigenvalue weighted by Crippen LogP contribution is -2.33. The van der Waals surface area contributed by atoms with E-state index >= 15 is 0 Å². The first kappa shape index (κ1) is 22.1. The monoisotopic (exact) mass is 458 g/mol. The topological polar surface area (TPSA) is 94.6 Å². The van der Waals surface area contributed by atoms with Crippen molar-refractivity contribution in [1.29, 1.82) is 0 Å². The summed E-state index contributed by atoms with van der Waals surface area (Å²) in [5.41, 5.74) is 1.61. The lowest BCUT2D eigenvalue weighted by molar-refractivity contribution is -0.117. The zero-order valence-electron chi connectivity index (χ0n) is 19.0. The third kappa shape index (κ3) is 5.28. The molecule has 0 unspecified atom stereocenters. The molecule has 1 saturated heterocycles. The van der Waals surface area contributed by atoms with Gasteiger partial charge in [-0.2, -0.15) is 0 Å². The van der Waals surface area contributed by atoms with E-state index < -0.39 is 0 Å². The number of pyridine rings is 2. The van der Waals surface area contributed by atoms with Crippen molar-refractivity contribution in [3.63, 3.8) is 0 Å². The van der Waals surface area contributed by atoms with Gasteiger partial charge in [0.25, 0.3) is 0 Å². The number of ether oxygens (including phenoxy) is 3. The molecule has 1 aliphatic heterocycles. The molecule has 1 amide bonds. The van der Waals surface area contributed by atoms with Crippen LogP contribution in [0.5, 0.6) is 5.75 Å². The Balaban J connectivity index is 1.33. The molecule has 0 spiro atoms. The fourth-order valence-corrected chi connectivity index (χ4v) is 3.67. The van der Waals surface area contributed by atoms with Crippen molar-refractivity contribution in [2.75, 3.05) is 44.1 Å². The highest BCUT2D eigenvalue weighted by molar-refractivity contribution is 5.99. The quantitative estimate of drug-likeness (QED) is 0.548. The Morgan fingerprint density at radius 2 is 1.97 bits per heavy atom. The first-order chi connectivity index (χ1) is 16.7. The van der Waals surface area contributed by atoms with Gasteiger partial charge in [0, 0.05) is 41.7 Å². The van der Waals surface area contributed by atoms with Crippen LogP contribution in [0.15, 0.2) is 42.7 Å². The Labute approximate surface area is 198 Å². The van der Waals surface area contributed by atoms with Crippen molar-refractivity contribution < 1.29 is 19.0 Å². The molecule has 2 aliphatic rings. The molecule has 2 N–H and O–H groups in total. The molecule has 34 heavy (non-hydrogen) atoms. The van der Waals surface area contributed by atoms with Gasteiger partial charge in [0.1, 0.15) is 30.1 Å². The number of rotatable bonds is 6. The number of aromatic nitrogens is 2. The molecule has 1 saturated carbocycles. The smallest absolute Gasteiger partial charge is 0.228 e. The molecule has 5 rings (SSSR count). The molecule has 174 valence electrons. The largest absolute Gasteiger partial charge is 0.491 e.